The number of nitrogens with two attached hydrogens (primary N) is 1. The lowest BCUT2D eigenvalue weighted by Gasteiger charge is -2.17. The van der Waals surface area contributed by atoms with E-state index in [9.17, 15) is 4.79 Å². The molecule has 0 aliphatic carbocycles. The quantitative estimate of drug-likeness (QED) is 0.872. The van der Waals surface area contributed by atoms with Crippen LogP contribution in [0.2, 0.25) is 0 Å². The van der Waals surface area contributed by atoms with E-state index < -0.39 is 6.04 Å². The number of benzene rings is 1. The highest BCUT2D eigenvalue weighted by Crippen LogP contribution is 2.32. The van der Waals surface area contributed by atoms with Crippen molar-refractivity contribution in [2.24, 2.45) is 11.7 Å². The van der Waals surface area contributed by atoms with E-state index in [-0.39, 0.29) is 5.91 Å². The third-order valence-electron chi connectivity index (χ3n) is 2.79. The van der Waals surface area contributed by atoms with Crippen molar-refractivity contribution in [3.8, 4) is 5.75 Å². The second-order valence-corrected chi connectivity index (χ2v) is 5.94. The van der Waals surface area contributed by atoms with Gasteiger partial charge < -0.3 is 15.8 Å². The molecule has 0 aliphatic heterocycles. The Morgan fingerprint density at radius 2 is 2.11 bits per heavy atom. The summed E-state index contributed by atoms with van der Waals surface area (Å²) in [4.78, 5) is 12.0. The van der Waals surface area contributed by atoms with Crippen LogP contribution in [0.1, 0.15) is 25.8 Å². The van der Waals surface area contributed by atoms with Crippen molar-refractivity contribution in [1.82, 2.24) is 0 Å². The molecule has 1 aromatic carbocycles. The number of amides is 1. The molecule has 0 fully saturated rings. The van der Waals surface area contributed by atoms with Gasteiger partial charge in [0.25, 0.3) is 0 Å². The number of methoxy groups -OCH3 is 1. The van der Waals surface area contributed by atoms with Crippen LogP contribution in [-0.4, -0.2) is 19.1 Å². The molecule has 1 aromatic rings. The van der Waals surface area contributed by atoms with Gasteiger partial charge in [-0.15, -0.1) is 0 Å². The molecule has 0 aliphatic rings. The summed E-state index contributed by atoms with van der Waals surface area (Å²) in [7, 11) is 1.57. The molecule has 5 heteroatoms. The predicted octanol–water partition coefficient (Wildman–Crippen LogP) is 3.08. The molecule has 1 amide bonds. The first-order valence-corrected chi connectivity index (χ1v) is 7.05. The molecular formula is C14H21BrN2O2. The standard InChI is InChI=1S/C14H21BrN2O2/c1-8(2)5-11(16)14(18)17-13-9(3)6-10(15)7-12(13)19-4/h6-8,11H,5,16H2,1-4H3,(H,17,18)/t11-/m0/s1. The van der Waals surface area contributed by atoms with Gasteiger partial charge in [0.05, 0.1) is 18.8 Å². The van der Waals surface area contributed by atoms with E-state index in [4.69, 9.17) is 10.5 Å². The largest absolute Gasteiger partial charge is 0.495 e. The molecule has 106 valence electrons. The predicted molar refractivity (Wildman–Crippen MR) is 81.5 cm³/mol. The summed E-state index contributed by atoms with van der Waals surface area (Å²) in [6, 6.07) is 3.23. The number of anilines is 1. The molecule has 1 rings (SSSR count). The minimum atomic E-state index is -0.507. The molecule has 0 heterocycles. The summed E-state index contributed by atoms with van der Waals surface area (Å²) < 4.78 is 6.19. The number of hydrogen-bond donors (Lipinski definition) is 2. The normalized spacial score (nSPS) is 12.4. The third kappa shape index (κ3) is 4.51. The summed E-state index contributed by atoms with van der Waals surface area (Å²) in [6.45, 7) is 5.99. The summed E-state index contributed by atoms with van der Waals surface area (Å²) in [5, 5.41) is 2.85. The van der Waals surface area contributed by atoms with E-state index in [1.54, 1.807) is 7.11 Å². The number of rotatable bonds is 5. The van der Waals surface area contributed by atoms with Crippen molar-refractivity contribution in [1.29, 1.82) is 0 Å². The van der Waals surface area contributed by atoms with Crippen LogP contribution in [0.5, 0.6) is 5.75 Å². The summed E-state index contributed by atoms with van der Waals surface area (Å²) in [5.41, 5.74) is 7.48. The van der Waals surface area contributed by atoms with Gasteiger partial charge in [0, 0.05) is 4.47 Å². The van der Waals surface area contributed by atoms with Crippen molar-refractivity contribution in [2.45, 2.75) is 33.2 Å². The summed E-state index contributed by atoms with van der Waals surface area (Å²) in [6.07, 6.45) is 0.656. The van der Waals surface area contributed by atoms with Crippen LogP contribution in [0, 0.1) is 12.8 Å². The average molecular weight is 329 g/mol. The fourth-order valence-corrected chi connectivity index (χ4v) is 2.42. The van der Waals surface area contributed by atoms with E-state index in [2.05, 4.69) is 21.2 Å². The molecule has 0 aromatic heterocycles. The maximum atomic E-state index is 12.0. The number of nitrogens with one attached hydrogen (secondary N) is 1. The lowest BCUT2D eigenvalue weighted by Crippen LogP contribution is -2.36. The van der Waals surface area contributed by atoms with E-state index in [0.717, 1.165) is 10.0 Å². The van der Waals surface area contributed by atoms with Gasteiger partial charge in [-0.2, -0.15) is 0 Å². The van der Waals surface area contributed by atoms with Crippen LogP contribution >= 0.6 is 15.9 Å². The van der Waals surface area contributed by atoms with Crippen LogP contribution < -0.4 is 15.8 Å². The van der Waals surface area contributed by atoms with Gasteiger partial charge in [0.2, 0.25) is 5.91 Å². The van der Waals surface area contributed by atoms with Crippen molar-refractivity contribution < 1.29 is 9.53 Å². The monoisotopic (exact) mass is 328 g/mol. The number of carbonyl (C=O) groups excluding carboxylic acids is 1. The molecule has 0 radical (unpaired) electrons. The molecule has 0 spiro atoms. The molecule has 19 heavy (non-hydrogen) atoms. The highest BCUT2D eigenvalue weighted by molar-refractivity contribution is 9.10. The van der Waals surface area contributed by atoms with Crippen molar-refractivity contribution in [3.63, 3.8) is 0 Å². The van der Waals surface area contributed by atoms with E-state index >= 15 is 0 Å². The lowest BCUT2D eigenvalue weighted by atomic mass is 10.0. The molecular weight excluding hydrogens is 308 g/mol. The van der Waals surface area contributed by atoms with Crippen LogP contribution in [0.3, 0.4) is 0 Å². The smallest absolute Gasteiger partial charge is 0.241 e. The maximum absolute atomic E-state index is 12.0. The number of aryl methyl sites for hydroxylation is 1. The zero-order chi connectivity index (χ0) is 14.6. The Morgan fingerprint density at radius 3 is 2.63 bits per heavy atom. The van der Waals surface area contributed by atoms with Crippen LogP contribution in [0.15, 0.2) is 16.6 Å². The Balaban J connectivity index is 2.90. The Morgan fingerprint density at radius 1 is 1.47 bits per heavy atom. The first kappa shape index (κ1) is 16.0. The zero-order valence-electron chi connectivity index (χ0n) is 11.8. The molecule has 3 N–H and O–H groups in total. The minimum Gasteiger partial charge on any atom is -0.495 e. The van der Waals surface area contributed by atoms with Gasteiger partial charge in [0.15, 0.2) is 0 Å². The van der Waals surface area contributed by atoms with Crippen molar-refractivity contribution in [2.75, 3.05) is 12.4 Å². The molecule has 0 unspecified atom stereocenters. The highest BCUT2D eigenvalue weighted by atomic mass is 79.9. The molecule has 1 atom stereocenters. The minimum absolute atomic E-state index is 0.183. The van der Waals surface area contributed by atoms with Crippen molar-refractivity contribution >= 4 is 27.5 Å². The van der Waals surface area contributed by atoms with Crippen molar-refractivity contribution in [3.05, 3.63) is 22.2 Å². The lowest BCUT2D eigenvalue weighted by molar-refractivity contribution is -0.117. The van der Waals surface area contributed by atoms with E-state index in [0.29, 0.717) is 23.8 Å². The fourth-order valence-electron chi connectivity index (χ4n) is 1.86. The summed E-state index contributed by atoms with van der Waals surface area (Å²) >= 11 is 3.40. The topological polar surface area (TPSA) is 64.3 Å². The third-order valence-corrected chi connectivity index (χ3v) is 3.25. The van der Waals surface area contributed by atoms with E-state index in [1.165, 1.54) is 0 Å². The molecule has 0 saturated carbocycles. The summed E-state index contributed by atoms with van der Waals surface area (Å²) in [5.74, 6) is 0.822. The first-order chi connectivity index (χ1) is 8.85. The molecule has 4 nitrogen and oxygen atoms in total. The first-order valence-electron chi connectivity index (χ1n) is 6.25. The Kier molecular flexibility index (Phi) is 5.82. The number of hydrogen-bond acceptors (Lipinski definition) is 3. The van der Waals surface area contributed by atoms with Gasteiger partial charge in [-0.25, -0.2) is 0 Å². The number of ether oxygens (including phenoxy) is 1. The molecule has 0 saturated heterocycles. The Bertz CT molecular complexity index is 461. The fraction of sp³-hybridized carbons (Fsp3) is 0.500. The van der Waals surface area contributed by atoms with Gasteiger partial charge in [0.1, 0.15) is 5.75 Å². The average Bonchev–Trinajstić information content (AvgIpc) is 2.30. The van der Waals surface area contributed by atoms with Crippen LogP contribution in [0.25, 0.3) is 0 Å². The SMILES string of the molecule is COc1cc(Br)cc(C)c1NC(=O)[C@@H](N)CC(C)C. The maximum Gasteiger partial charge on any atom is 0.241 e. The Hall–Kier alpha value is -1.07. The van der Waals surface area contributed by atoms with Gasteiger partial charge in [-0.1, -0.05) is 29.8 Å². The highest BCUT2D eigenvalue weighted by Gasteiger charge is 2.18. The zero-order valence-corrected chi connectivity index (χ0v) is 13.4. The van der Waals surface area contributed by atoms with Gasteiger partial charge >= 0.3 is 0 Å². The van der Waals surface area contributed by atoms with E-state index in [1.807, 2.05) is 32.9 Å². The second-order valence-electron chi connectivity index (χ2n) is 5.03. The number of carbonyl (C=O) groups is 1. The van der Waals surface area contributed by atoms with Crippen LogP contribution in [0.4, 0.5) is 5.69 Å². The van der Waals surface area contributed by atoms with Gasteiger partial charge in [-0.05, 0) is 37.0 Å². The Labute approximate surface area is 122 Å². The van der Waals surface area contributed by atoms with Crippen LogP contribution in [-0.2, 0) is 4.79 Å². The second kappa shape index (κ2) is 6.91. The molecule has 0 bridgehead atoms. The number of halogens is 1. The van der Waals surface area contributed by atoms with Gasteiger partial charge in [-0.3, -0.25) is 4.79 Å².